The number of morpholine rings is 1. The number of nitrogens with one attached hydrogen (secondary N) is 1. The minimum absolute atomic E-state index is 0.0177. The first-order valence-corrected chi connectivity index (χ1v) is 16.0. The van der Waals surface area contributed by atoms with Gasteiger partial charge in [0.15, 0.2) is 0 Å². The Labute approximate surface area is 246 Å². The largest absolute Gasteiger partial charge is 0.420 e. The zero-order valence-corrected chi connectivity index (χ0v) is 24.5. The van der Waals surface area contributed by atoms with Crippen molar-refractivity contribution < 1.29 is 26.3 Å². The second kappa shape index (κ2) is 11.4. The second-order valence-electron chi connectivity index (χ2n) is 11.1. The number of rotatable bonds is 7. The van der Waals surface area contributed by atoms with Crippen LogP contribution in [0.3, 0.4) is 0 Å². The molecule has 4 aliphatic heterocycles. The molecular formula is C27H31ClF3N7O3S. The van der Waals surface area contributed by atoms with Gasteiger partial charge in [-0.25, -0.2) is 27.7 Å². The smallest absolute Gasteiger partial charge is 0.375 e. The van der Waals surface area contributed by atoms with Gasteiger partial charge < -0.3 is 14.6 Å². The number of alkyl halides is 3. The molecule has 0 aliphatic carbocycles. The summed E-state index contributed by atoms with van der Waals surface area (Å²) in [5.74, 6) is 0.0181. The summed E-state index contributed by atoms with van der Waals surface area (Å²) in [6, 6.07) is 5.90. The van der Waals surface area contributed by atoms with Crippen molar-refractivity contribution in [2.24, 2.45) is 0 Å². The number of imidazole rings is 1. The molecule has 3 aromatic rings. The van der Waals surface area contributed by atoms with Crippen molar-refractivity contribution in [1.82, 2.24) is 28.7 Å². The molecule has 1 aromatic carbocycles. The minimum atomic E-state index is -4.70. The number of sulfonamides is 1. The molecule has 4 fully saturated rings. The number of ether oxygens (including phenoxy) is 1. The van der Waals surface area contributed by atoms with Gasteiger partial charge in [-0.05, 0) is 43.4 Å². The summed E-state index contributed by atoms with van der Waals surface area (Å²) < 4.78 is 74.1. The van der Waals surface area contributed by atoms with E-state index in [0.29, 0.717) is 42.7 Å². The first kappa shape index (κ1) is 29.3. The van der Waals surface area contributed by atoms with E-state index in [9.17, 15) is 21.6 Å². The lowest BCUT2D eigenvalue weighted by Crippen LogP contribution is -2.53. The third-order valence-corrected chi connectivity index (χ3v) is 9.76. The van der Waals surface area contributed by atoms with Crippen LogP contribution in [0.4, 0.5) is 19.1 Å². The fourth-order valence-corrected chi connectivity index (χ4v) is 7.04. The van der Waals surface area contributed by atoms with Crippen molar-refractivity contribution in [1.29, 1.82) is 0 Å². The molecule has 226 valence electrons. The average molecular weight is 626 g/mol. The van der Waals surface area contributed by atoms with Crippen molar-refractivity contribution >= 4 is 27.6 Å². The molecule has 1 N–H and O–H groups in total. The van der Waals surface area contributed by atoms with E-state index in [0.717, 1.165) is 50.6 Å². The lowest BCUT2D eigenvalue weighted by atomic mass is 9.96. The van der Waals surface area contributed by atoms with Crippen molar-refractivity contribution in [2.75, 3.05) is 37.8 Å². The summed E-state index contributed by atoms with van der Waals surface area (Å²) >= 11 is 6.64. The summed E-state index contributed by atoms with van der Waals surface area (Å²) in [6.45, 7) is 3.00. The fraction of sp³-hybridized carbons (Fsp3) is 0.519. The highest BCUT2D eigenvalue weighted by molar-refractivity contribution is 7.88. The molecule has 42 heavy (non-hydrogen) atoms. The molecule has 0 saturated carbocycles. The average Bonchev–Trinajstić information content (AvgIpc) is 3.43. The number of anilines is 1. The van der Waals surface area contributed by atoms with E-state index in [4.69, 9.17) is 16.3 Å². The van der Waals surface area contributed by atoms with E-state index < -0.39 is 21.8 Å². The number of aromatic nitrogens is 4. The normalized spacial score (nSPS) is 22.5. The first-order chi connectivity index (χ1) is 19.9. The maximum atomic E-state index is 13.9. The Bertz CT molecular complexity index is 1550. The predicted molar refractivity (Wildman–Crippen MR) is 151 cm³/mol. The Morgan fingerprint density at radius 3 is 2.55 bits per heavy atom. The predicted octanol–water partition coefficient (Wildman–Crippen LogP) is 4.20. The number of hydrogen-bond acceptors (Lipinski definition) is 8. The first-order valence-electron chi connectivity index (χ1n) is 13.8. The lowest BCUT2D eigenvalue weighted by Gasteiger charge is -2.45. The van der Waals surface area contributed by atoms with Gasteiger partial charge in [0, 0.05) is 50.7 Å². The fourth-order valence-electron chi connectivity index (χ4n) is 5.87. The molecular weight excluding hydrogens is 595 g/mol. The van der Waals surface area contributed by atoms with Crippen LogP contribution in [-0.2, 0) is 27.5 Å². The minimum Gasteiger partial charge on any atom is -0.375 e. The quantitative estimate of drug-likeness (QED) is 0.417. The molecule has 2 unspecified atom stereocenters. The molecule has 6 heterocycles. The zero-order valence-electron chi connectivity index (χ0n) is 22.9. The standard InChI is InChI=1S/C27H31ClF3N7O3S/c1-42(39,40)38-8-6-18(7-9-38)34-26-32-11-21(27(29,30)31)25(35-26)23-14-37(16-33-23)24-5-2-17(10-22(24)28)12-36-13-20-4-3-19(36)15-41-20/h2,5,10-11,14,16,18-20H,3-4,6-9,12-13,15H2,1H3,(H,32,34,35). The van der Waals surface area contributed by atoms with Crippen LogP contribution in [0, 0.1) is 0 Å². The Hall–Kier alpha value is -2.78. The van der Waals surface area contributed by atoms with Crippen molar-refractivity contribution in [3.8, 4) is 17.1 Å². The second-order valence-corrected chi connectivity index (χ2v) is 13.5. The Kier molecular flexibility index (Phi) is 7.94. The number of piperidine rings is 2. The van der Waals surface area contributed by atoms with Gasteiger partial charge in [-0.3, -0.25) is 4.90 Å². The molecule has 0 radical (unpaired) electrons. The molecule has 10 nitrogen and oxygen atoms in total. The summed E-state index contributed by atoms with van der Waals surface area (Å²) in [7, 11) is -3.30. The molecule has 7 rings (SSSR count). The Morgan fingerprint density at radius 1 is 1.14 bits per heavy atom. The molecule has 4 saturated heterocycles. The molecule has 0 amide bonds. The summed E-state index contributed by atoms with van der Waals surface area (Å²) in [5.41, 5.74) is 0.282. The van der Waals surface area contributed by atoms with Gasteiger partial charge >= 0.3 is 6.18 Å². The lowest BCUT2D eigenvalue weighted by molar-refractivity contribution is -0.137. The van der Waals surface area contributed by atoms with Gasteiger partial charge in [-0.2, -0.15) is 13.2 Å². The van der Waals surface area contributed by atoms with E-state index in [1.807, 2.05) is 18.2 Å². The number of hydrogen-bond donors (Lipinski definition) is 1. The summed E-state index contributed by atoms with van der Waals surface area (Å²) in [6.07, 6.45) is 3.52. The van der Waals surface area contributed by atoms with Crippen LogP contribution < -0.4 is 5.32 Å². The Morgan fingerprint density at radius 2 is 1.93 bits per heavy atom. The molecule has 2 bridgehead atoms. The SMILES string of the molecule is CS(=O)(=O)N1CCC(Nc2ncc(C(F)(F)F)c(-c3cn(-c4ccc(CN5CC6CCC5CO6)cc4Cl)cn3)n2)CC1. The van der Waals surface area contributed by atoms with Crippen LogP contribution in [0.15, 0.2) is 36.9 Å². The van der Waals surface area contributed by atoms with Crippen molar-refractivity contribution in [3.05, 3.63) is 53.1 Å². The highest BCUT2D eigenvalue weighted by atomic mass is 35.5. The van der Waals surface area contributed by atoms with Gasteiger partial charge in [0.25, 0.3) is 0 Å². The van der Waals surface area contributed by atoms with Crippen LogP contribution in [-0.4, -0.2) is 87.8 Å². The highest BCUT2D eigenvalue weighted by Gasteiger charge is 2.37. The van der Waals surface area contributed by atoms with E-state index in [-0.39, 0.29) is 29.5 Å². The van der Waals surface area contributed by atoms with E-state index in [1.165, 1.54) is 16.8 Å². The summed E-state index contributed by atoms with van der Waals surface area (Å²) in [5, 5.41) is 3.52. The maximum absolute atomic E-state index is 13.9. The van der Waals surface area contributed by atoms with E-state index >= 15 is 0 Å². The number of nitrogens with zero attached hydrogens (tertiary/aromatic N) is 6. The number of benzene rings is 1. The van der Waals surface area contributed by atoms with Crippen LogP contribution in [0.25, 0.3) is 17.1 Å². The number of halogens is 4. The Balaban J connectivity index is 1.20. The third-order valence-electron chi connectivity index (χ3n) is 8.15. The van der Waals surface area contributed by atoms with Crippen LogP contribution >= 0.6 is 11.6 Å². The highest BCUT2D eigenvalue weighted by Crippen LogP contribution is 2.36. The zero-order chi connectivity index (χ0) is 29.6. The van der Waals surface area contributed by atoms with Gasteiger partial charge in [0.1, 0.15) is 23.3 Å². The molecule has 0 spiro atoms. The van der Waals surface area contributed by atoms with E-state index in [2.05, 4.69) is 25.2 Å². The van der Waals surface area contributed by atoms with Gasteiger partial charge in [0.05, 0.1) is 29.7 Å². The van der Waals surface area contributed by atoms with Gasteiger partial charge in [-0.1, -0.05) is 17.7 Å². The van der Waals surface area contributed by atoms with Crippen molar-refractivity contribution in [3.63, 3.8) is 0 Å². The maximum Gasteiger partial charge on any atom is 0.420 e. The monoisotopic (exact) mass is 625 g/mol. The molecule has 2 aromatic heterocycles. The topological polar surface area (TPSA) is 105 Å². The third kappa shape index (κ3) is 6.27. The molecule has 4 aliphatic rings. The number of fused-ring (bicyclic) bond motifs is 3. The summed E-state index contributed by atoms with van der Waals surface area (Å²) in [4.78, 5) is 14.7. The van der Waals surface area contributed by atoms with Gasteiger partial charge in [0.2, 0.25) is 16.0 Å². The van der Waals surface area contributed by atoms with Crippen molar-refractivity contribution in [2.45, 2.75) is 56.6 Å². The van der Waals surface area contributed by atoms with E-state index in [1.54, 1.807) is 4.57 Å². The van der Waals surface area contributed by atoms with Crippen LogP contribution in [0.1, 0.15) is 36.8 Å². The molecule has 2 atom stereocenters. The van der Waals surface area contributed by atoms with Crippen LogP contribution in [0.5, 0.6) is 0 Å². The van der Waals surface area contributed by atoms with Crippen LogP contribution in [0.2, 0.25) is 5.02 Å². The molecule has 15 heteroatoms. The van der Waals surface area contributed by atoms with Gasteiger partial charge in [-0.15, -0.1) is 0 Å².